The van der Waals surface area contributed by atoms with Crippen molar-refractivity contribution in [2.45, 2.75) is 58.9 Å². The molecule has 33 heavy (non-hydrogen) atoms. The van der Waals surface area contributed by atoms with E-state index in [1.165, 1.54) is 12.1 Å². The van der Waals surface area contributed by atoms with Gasteiger partial charge in [0.05, 0.1) is 4.90 Å². The van der Waals surface area contributed by atoms with Crippen LogP contribution >= 0.6 is 0 Å². The molecule has 3 aromatic rings. The van der Waals surface area contributed by atoms with Crippen LogP contribution in [0.4, 0.5) is 0 Å². The predicted octanol–water partition coefficient (Wildman–Crippen LogP) is 4.33. The van der Waals surface area contributed by atoms with Crippen LogP contribution in [0.3, 0.4) is 0 Å². The van der Waals surface area contributed by atoms with Crippen LogP contribution in [0.15, 0.2) is 50.5 Å². The van der Waals surface area contributed by atoms with Gasteiger partial charge < -0.3 is 9.15 Å². The molecule has 1 aromatic heterocycles. The van der Waals surface area contributed by atoms with Crippen LogP contribution in [-0.4, -0.2) is 20.4 Å². The average molecular weight is 472 g/mol. The Labute approximate surface area is 193 Å². The van der Waals surface area contributed by atoms with Gasteiger partial charge in [0.1, 0.15) is 17.4 Å². The van der Waals surface area contributed by atoms with E-state index >= 15 is 0 Å². The van der Waals surface area contributed by atoms with Crippen molar-refractivity contribution in [1.29, 1.82) is 0 Å². The quantitative estimate of drug-likeness (QED) is 0.313. The minimum absolute atomic E-state index is 0.0729. The minimum Gasteiger partial charge on any atom is -0.425 e. The highest BCUT2D eigenvalue weighted by molar-refractivity contribution is 7.89. The summed E-state index contributed by atoms with van der Waals surface area (Å²) in [6.45, 7) is 10.7. The topological polar surface area (TPSA) is 103 Å². The van der Waals surface area contributed by atoms with Crippen LogP contribution in [0.1, 0.15) is 42.5 Å². The number of carbonyl (C=O) groups excluding carboxylic acids is 1. The van der Waals surface area contributed by atoms with Crippen LogP contribution in [0, 0.1) is 33.6 Å². The van der Waals surface area contributed by atoms with Crippen molar-refractivity contribution in [2.24, 2.45) is 5.92 Å². The van der Waals surface area contributed by atoms with Gasteiger partial charge >= 0.3 is 11.6 Å². The fourth-order valence-corrected chi connectivity index (χ4v) is 4.79. The zero-order chi connectivity index (χ0) is 24.5. The van der Waals surface area contributed by atoms with Crippen LogP contribution in [0.5, 0.6) is 5.75 Å². The van der Waals surface area contributed by atoms with E-state index in [1.807, 2.05) is 20.8 Å². The number of sulfonamides is 1. The first-order chi connectivity index (χ1) is 15.5. The molecule has 176 valence electrons. The molecule has 0 aliphatic rings. The van der Waals surface area contributed by atoms with E-state index in [-0.39, 0.29) is 16.6 Å². The molecule has 3 rings (SSSR count). The number of aryl methyl sites for hydroxylation is 3. The lowest BCUT2D eigenvalue weighted by Gasteiger charge is -2.23. The van der Waals surface area contributed by atoms with Crippen LogP contribution in [0.2, 0.25) is 0 Å². The number of fused-ring (bicyclic) bond motifs is 1. The van der Waals surface area contributed by atoms with Crippen molar-refractivity contribution in [2.75, 3.05) is 0 Å². The van der Waals surface area contributed by atoms with Crippen molar-refractivity contribution in [3.63, 3.8) is 0 Å². The van der Waals surface area contributed by atoms with Gasteiger partial charge in [0.2, 0.25) is 10.0 Å². The number of rotatable bonds is 7. The molecule has 2 unspecified atom stereocenters. The summed E-state index contributed by atoms with van der Waals surface area (Å²) in [4.78, 5) is 25.3. The van der Waals surface area contributed by atoms with Crippen molar-refractivity contribution in [1.82, 2.24) is 4.72 Å². The molecule has 7 nitrogen and oxygen atoms in total. The molecule has 8 heteroatoms. The molecule has 0 aliphatic carbocycles. The Morgan fingerprint density at radius 1 is 1.00 bits per heavy atom. The third-order valence-electron chi connectivity index (χ3n) is 6.11. The summed E-state index contributed by atoms with van der Waals surface area (Å²) in [5.74, 6) is -0.836. The normalized spacial score (nSPS) is 13.6. The lowest BCUT2D eigenvalue weighted by molar-refractivity contribution is -0.137. The molecule has 0 spiro atoms. The second-order valence-corrected chi connectivity index (χ2v) is 10.1. The number of esters is 1. The highest BCUT2D eigenvalue weighted by Gasteiger charge is 2.32. The third kappa shape index (κ3) is 5.02. The summed E-state index contributed by atoms with van der Waals surface area (Å²) in [6, 6.07) is 8.65. The van der Waals surface area contributed by atoms with Crippen molar-refractivity contribution < 1.29 is 22.4 Å². The molecule has 1 heterocycles. The van der Waals surface area contributed by atoms with E-state index in [0.717, 1.165) is 16.5 Å². The maximum atomic E-state index is 13.1. The van der Waals surface area contributed by atoms with Crippen molar-refractivity contribution in [3.05, 3.63) is 69.1 Å². The Morgan fingerprint density at radius 3 is 2.24 bits per heavy atom. The van der Waals surface area contributed by atoms with E-state index in [0.29, 0.717) is 23.1 Å². The zero-order valence-corrected chi connectivity index (χ0v) is 20.5. The SMILES string of the molecule is CCC(C)C(NS(=O)(=O)c1ccc(C)cc1)C(=O)Oc1ccc2c(C)c(C)c(=O)oc2c1C. The molecule has 0 fully saturated rings. The Hall–Kier alpha value is -2.97. The summed E-state index contributed by atoms with van der Waals surface area (Å²) < 4.78 is 39.4. The van der Waals surface area contributed by atoms with Gasteiger partial charge in [-0.2, -0.15) is 4.72 Å². The standard InChI is InChI=1S/C25H29NO6S/c1-7-15(3)22(26-33(29,30)19-10-8-14(2)9-11-19)25(28)31-21-13-12-20-16(4)17(5)24(27)32-23(20)18(21)6/h8-13,15,22,26H,7H2,1-6H3. The van der Waals surface area contributed by atoms with Gasteiger partial charge in [-0.15, -0.1) is 0 Å². The Balaban J connectivity index is 1.94. The maximum Gasteiger partial charge on any atom is 0.339 e. The second kappa shape index (κ2) is 9.49. The molecule has 1 N–H and O–H groups in total. The molecule has 0 saturated heterocycles. The summed E-state index contributed by atoms with van der Waals surface area (Å²) >= 11 is 0. The predicted molar refractivity (Wildman–Crippen MR) is 127 cm³/mol. The van der Waals surface area contributed by atoms with Gasteiger partial charge in [-0.3, -0.25) is 0 Å². The van der Waals surface area contributed by atoms with Gasteiger partial charge in [-0.25, -0.2) is 18.0 Å². The Morgan fingerprint density at radius 2 is 1.64 bits per heavy atom. The summed E-state index contributed by atoms with van der Waals surface area (Å²) in [5.41, 5.74) is 2.63. The van der Waals surface area contributed by atoms with E-state index in [2.05, 4.69) is 4.72 Å². The first-order valence-electron chi connectivity index (χ1n) is 10.8. The lowest BCUT2D eigenvalue weighted by atomic mass is 10.0. The third-order valence-corrected chi connectivity index (χ3v) is 7.57. The fraction of sp³-hybridized carbons (Fsp3) is 0.360. The monoisotopic (exact) mass is 471 g/mol. The van der Waals surface area contributed by atoms with Gasteiger partial charge in [0, 0.05) is 16.5 Å². The van der Waals surface area contributed by atoms with Crippen molar-refractivity contribution >= 4 is 27.0 Å². The van der Waals surface area contributed by atoms with Gasteiger partial charge in [-0.05, 0) is 63.4 Å². The van der Waals surface area contributed by atoms with E-state index in [9.17, 15) is 18.0 Å². The van der Waals surface area contributed by atoms with Crippen LogP contribution in [0.25, 0.3) is 11.0 Å². The molecule has 2 aromatic carbocycles. The first-order valence-corrected chi connectivity index (χ1v) is 12.3. The summed E-state index contributed by atoms with van der Waals surface area (Å²) in [5, 5.41) is 0.753. The average Bonchev–Trinajstić information content (AvgIpc) is 2.78. The minimum atomic E-state index is -3.94. The number of carbonyl (C=O) groups is 1. The first kappa shape index (κ1) is 24.7. The maximum absolute atomic E-state index is 13.1. The summed E-state index contributed by atoms with van der Waals surface area (Å²) in [7, 11) is -3.94. The largest absolute Gasteiger partial charge is 0.425 e. The smallest absolute Gasteiger partial charge is 0.339 e. The Kier molecular flexibility index (Phi) is 7.09. The summed E-state index contributed by atoms with van der Waals surface area (Å²) in [6.07, 6.45) is 0.556. The molecule has 0 radical (unpaired) electrons. The number of benzene rings is 2. The van der Waals surface area contributed by atoms with Gasteiger partial charge in [-0.1, -0.05) is 38.0 Å². The lowest BCUT2D eigenvalue weighted by Crippen LogP contribution is -2.47. The number of nitrogens with one attached hydrogen (secondary N) is 1. The zero-order valence-electron chi connectivity index (χ0n) is 19.7. The fourth-order valence-electron chi connectivity index (χ4n) is 3.49. The van der Waals surface area contributed by atoms with E-state index < -0.39 is 27.7 Å². The molecular weight excluding hydrogens is 442 g/mol. The second-order valence-electron chi connectivity index (χ2n) is 8.42. The highest BCUT2D eigenvalue weighted by Crippen LogP contribution is 2.30. The van der Waals surface area contributed by atoms with Crippen LogP contribution in [-0.2, 0) is 14.8 Å². The molecular formula is C25H29NO6S. The molecule has 2 atom stereocenters. The van der Waals surface area contributed by atoms with E-state index in [4.69, 9.17) is 9.15 Å². The molecule has 0 bridgehead atoms. The molecule has 0 amide bonds. The van der Waals surface area contributed by atoms with E-state index in [1.54, 1.807) is 45.0 Å². The molecule has 0 saturated carbocycles. The van der Waals surface area contributed by atoms with Crippen LogP contribution < -0.4 is 15.1 Å². The molecule has 0 aliphatic heterocycles. The number of hydrogen-bond donors (Lipinski definition) is 1. The highest BCUT2D eigenvalue weighted by atomic mass is 32.2. The van der Waals surface area contributed by atoms with Crippen molar-refractivity contribution in [3.8, 4) is 5.75 Å². The Bertz CT molecular complexity index is 1360. The number of hydrogen-bond acceptors (Lipinski definition) is 6. The van der Waals surface area contributed by atoms with Gasteiger partial charge in [0.15, 0.2) is 0 Å². The number of ether oxygens (including phenoxy) is 1. The van der Waals surface area contributed by atoms with Gasteiger partial charge in [0.25, 0.3) is 0 Å².